The monoisotopic (exact) mass is 334 g/mol. The Morgan fingerprint density at radius 2 is 2.12 bits per heavy atom. The SMILES string of the molecule is Cc1ccc(F)c(N2CCC(NC(=O)CC[C@@H]3CCOC3)CC2)c1. The number of halogens is 1. The van der Waals surface area contributed by atoms with Crippen molar-refractivity contribution in [1.29, 1.82) is 0 Å². The maximum Gasteiger partial charge on any atom is 0.220 e. The molecule has 2 saturated heterocycles. The van der Waals surface area contributed by atoms with Crippen LogP contribution < -0.4 is 10.2 Å². The zero-order chi connectivity index (χ0) is 16.9. The first-order valence-corrected chi connectivity index (χ1v) is 9.00. The average Bonchev–Trinajstić information content (AvgIpc) is 3.10. The molecule has 2 heterocycles. The zero-order valence-corrected chi connectivity index (χ0v) is 14.4. The lowest BCUT2D eigenvalue weighted by Gasteiger charge is -2.34. The summed E-state index contributed by atoms with van der Waals surface area (Å²) in [4.78, 5) is 14.2. The number of hydrogen-bond acceptors (Lipinski definition) is 3. The third kappa shape index (κ3) is 4.47. The Balaban J connectivity index is 1.43. The van der Waals surface area contributed by atoms with E-state index in [-0.39, 0.29) is 17.8 Å². The van der Waals surface area contributed by atoms with Crippen LogP contribution in [0.4, 0.5) is 10.1 Å². The predicted octanol–water partition coefficient (Wildman–Crippen LogP) is 3.04. The molecular weight excluding hydrogens is 307 g/mol. The van der Waals surface area contributed by atoms with Crippen LogP contribution in [0.3, 0.4) is 0 Å². The first-order valence-electron chi connectivity index (χ1n) is 9.00. The molecule has 0 aromatic heterocycles. The Morgan fingerprint density at radius 1 is 1.33 bits per heavy atom. The molecule has 3 rings (SSSR count). The van der Waals surface area contributed by atoms with Crippen LogP contribution in [-0.2, 0) is 9.53 Å². The predicted molar refractivity (Wildman–Crippen MR) is 92.7 cm³/mol. The number of nitrogens with one attached hydrogen (secondary N) is 1. The third-order valence-corrected chi connectivity index (χ3v) is 5.11. The van der Waals surface area contributed by atoms with E-state index in [0.717, 1.165) is 57.6 Å². The number of anilines is 1. The Kier molecular flexibility index (Phi) is 5.72. The highest BCUT2D eigenvalue weighted by Gasteiger charge is 2.23. The number of ether oxygens (including phenoxy) is 1. The average molecular weight is 334 g/mol. The molecule has 132 valence electrons. The number of aryl methyl sites for hydroxylation is 1. The van der Waals surface area contributed by atoms with Crippen molar-refractivity contribution in [2.45, 2.75) is 45.1 Å². The van der Waals surface area contributed by atoms with Crippen LogP contribution in [0.15, 0.2) is 18.2 Å². The highest BCUT2D eigenvalue weighted by molar-refractivity contribution is 5.76. The van der Waals surface area contributed by atoms with Crippen molar-refractivity contribution in [3.63, 3.8) is 0 Å². The summed E-state index contributed by atoms with van der Waals surface area (Å²) in [7, 11) is 0. The Labute approximate surface area is 143 Å². The van der Waals surface area contributed by atoms with E-state index in [2.05, 4.69) is 10.2 Å². The van der Waals surface area contributed by atoms with Gasteiger partial charge >= 0.3 is 0 Å². The molecule has 1 atom stereocenters. The van der Waals surface area contributed by atoms with E-state index in [4.69, 9.17) is 4.74 Å². The van der Waals surface area contributed by atoms with Gasteiger partial charge in [-0.2, -0.15) is 0 Å². The third-order valence-electron chi connectivity index (χ3n) is 5.11. The molecular formula is C19H27FN2O2. The number of nitrogens with zero attached hydrogens (tertiary/aromatic N) is 1. The van der Waals surface area contributed by atoms with Gasteiger partial charge in [0.05, 0.1) is 5.69 Å². The van der Waals surface area contributed by atoms with E-state index in [0.29, 0.717) is 18.0 Å². The molecule has 2 aliphatic heterocycles. The summed E-state index contributed by atoms with van der Waals surface area (Å²) in [5.74, 6) is 0.519. The Bertz CT molecular complexity index is 564. The first-order chi connectivity index (χ1) is 11.6. The Hall–Kier alpha value is -1.62. The molecule has 2 fully saturated rings. The fourth-order valence-electron chi connectivity index (χ4n) is 3.58. The fourth-order valence-corrected chi connectivity index (χ4v) is 3.58. The largest absolute Gasteiger partial charge is 0.381 e. The van der Waals surface area contributed by atoms with Gasteiger partial charge in [0.15, 0.2) is 0 Å². The summed E-state index contributed by atoms with van der Waals surface area (Å²) in [5.41, 5.74) is 1.75. The molecule has 1 N–H and O–H groups in total. The number of hydrogen-bond donors (Lipinski definition) is 1. The van der Waals surface area contributed by atoms with Crippen molar-refractivity contribution in [3.8, 4) is 0 Å². The lowest BCUT2D eigenvalue weighted by atomic mass is 10.0. The van der Waals surface area contributed by atoms with Gasteiger partial charge < -0.3 is 15.0 Å². The van der Waals surface area contributed by atoms with Crippen LogP contribution in [0.5, 0.6) is 0 Å². The highest BCUT2D eigenvalue weighted by Crippen LogP contribution is 2.24. The number of amides is 1. The second-order valence-corrected chi connectivity index (χ2v) is 7.05. The summed E-state index contributed by atoms with van der Waals surface area (Å²) >= 11 is 0. The van der Waals surface area contributed by atoms with E-state index in [9.17, 15) is 9.18 Å². The standard InChI is InChI=1S/C19H27FN2O2/c1-14-2-4-17(20)18(12-14)22-9-6-16(7-10-22)21-19(23)5-3-15-8-11-24-13-15/h2,4,12,15-16H,3,5-11,13H2,1H3,(H,21,23)/t15-/m1/s1. The van der Waals surface area contributed by atoms with Crippen LogP contribution >= 0.6 is 0 Å². The molecule has 0 aliphatic carbocycles. The van der Waals surface area contributed by atoms with E-state index in [1.165, 1.54) is 6.07 Å². The van der Waals surface area contributed by atoms with Crippen molar-refractivity contribution >= 4 is 11.6 Å². The van der Waals surface area contributed by atoms with E-state index < -0.39 is 0 Å². The zero-order valence-electron chi connectivity index (χ0n) is 14.4. The second kappa shape index (κ2) is 7.97. The minimum absolute atomic E-state index is 0.141. The lowest BCUT2D eigenvalue weighted by Crippen LogP contribution is -2.45. The minimum Gasteiger partial charge on any atom is -0.381 e. The molecule has 1 aromatic carbocycles. The van der Waals surface area contributed by atoms with E-state index in [1.54, 1.807) is 6.07 Å². The molecule has 0 radical (unpaired) electrons. The van der Waals surface area contributed by atoms with E-state index in [1.807, 2.05) is 13.0 Å². The summed E-state index contributed by atoms with van der Waals surface area (Å²) in [5, 5.41) is 3.14. The van der Waals surface area contributed by atoms with Crippen molar-refractivity contribution in [1.82, 2.24) is 5.32 Å². The van der Waals surface area contributed by atoms with Gasteiger partial charge in [-0.1, -0.05) is 6.07 Å². The summed E-state index contributed by atoms with van der Waals surface area (Å²) in [6, 6.07) is 5.44. The van der Waals surface area contributed by atoms with Crippen LogP contribution in [0.25, 0.3) is 0 Å². The van der Waals surface area contributed by atoms with Crippen molar-refractivity contribution in [3.05, 3.63) is 29.6 Å². The number of piperidine rings is 1. The highest BCUT2D eigenvalue weighted by atomic mass is 19.1. The summed E-state index contributed by atoms with van der Waals surface area (Å²) in [6.45, 7) is 5.17. The van der Waals surface area contributed by atoms with Gasteiger partial charge in [-0.05, 0) is 56.2 Å². The van der Waals surface area contributed by atoms with Gasteiger partial charge in [0.1, 0.15) is 5.82 Å². The lowest BCUT2D eigenvalue weighted by molar-refractivity contribution is -0.122. The van der Waals surface area contributed by atoms with Gasteiger partial charge in [0, 0.05) is 38.8 Å². The quantitative estimate of drug-likeness (QED) is 0.900. The van der Waals surface area contributed by atoms with Gasteiger partial charge in [-0.3, -0.25) is 4.79 Å². The second-order valence-electron chi connectivity index (χ2n) is 7.05. The molecule has 24 heavy (non-hydrogen) atoms. The van der Waals surface area contributed by atoms with Gasteiger partial charge in [-0.25, -0.2) is 4.39 Å². The normalized spacial score (nSPS) is 21.9. The van der Waals surface area contributed by atoms with E-state index >= 15 is 0 Å². The molecule has 0 bridgehead atoms. The van der Waals surface area contributed by atoms with Crippen molar-refractivity contribution < 1.29 is 13.9 Å². The minimum atomic E-state index is -0.165. The van der Waals surface area contributed by atoms with Gasteiger partial charge in [-0.15, -0.1) is 0 Å². The fraction of sp³-hybridized carbons (Fsp3) is 0.632. The van der Waals surface area contributed by atoms with Gasteiger partial charge in [0.25, 0.3) is 0 Å². The van der Waals surface area contributed by atoms with Crippen molar-refractivity contribution in [2.75, 3.05) is 31.2 Å². The van der Waals surface area contributed by atoms with Gasteiger partial charge in [0.2, 0.25) is 5.91 Å². The maximum absolute atomic E-state index is 14.0. The Morgan fingerprint density at radius 3 is 2.83 bits per heavy atom. The van der Waals surface area contributed by atoms with Crippen LogP contribution in [-0.4, -0.2) is 38.3 Å². The number of rotatable bonds is 5. The van der Waals surface area contributed by atoms with Crippen LogP contribution in [0.1, 0.15) is 37.7 Å². The molecule has 0 unspecified atom stereocenters. The molecule has 2 aliphatic rings. The molecule has 5 heteroatoms. The maximum atomic E-state index is 14.0. The number of carbonyl (C=O) groups is 1. The molecule has 0 saturated carbocycles. The number of carbonyl (C=O) groups excluding carboxylic acids is 1. The van der Waals surface area contributed by atoms with Crippen LogP contribution in [0.2, 0.25) is 0 Å². The topological polar surface area (TPSA) is 41.6 Å². The van der Waals surface area contributed by atoms with Crippen LogP contribution in [0, 0.1) is 18.7 Å². The molecule has 4 nitrogen and oxygen atoms in total. The molecule has 1 aromatic rings. The molecule has 1 amide bonds. The summed E-state index contributed by atoms with van der Waals surface area (Å²) < 4.78 is 19.3. The first kappa shape index (κ1) is 17.2. The smallest absolute Gasteiger partial charge is 0.220 e. The van der Waals surface area contributed by atoms with Crippen molar-refractivity contribution in [2.24, 2.45) is 5.92 Å². The molecule has 0 spiro atoms. The summed E-state index contributed by atoms with van der Waals surface area (Å²) in [6.07, 6.45) is 4.31. The number of benzene rings is 1.